The van der Waals surface area contributed by atoms with Gasteiger partial charge in [-0.2, -0.15) is 26.3 Å². The zero-order valence-corrected chi connectivity index (χ0v) is 28.7. The molecule has 2 aliphatic heterocycles. The predicted octanol–water partition coefficient (Wildman–Crippen LogP) is 7.97. The van der Waals surface area contributed by atoms with Crippen LogP contribution in [0.2, 0.25) is 0 Å². The first-order valence-electron chi connectivity index (χ1n) is 17.4. The second-order valence-electron chi connectivity index (χ2n) is 13.9. The summed E-state index contributed by atoms with van der Waals surface area (Å²) in [5.74, 6) is -2.43. The normalized spacial score (nSPS) is 18.0. The number of rotatable bonds is 10. The Bertz CT molecular complexity index is 1930. The molecule has 13 heteroatoms. The lowest BCUT2D eigenvalue weighted by atomic mass is 9.76. The van der Waals surface area contributed by atoms with E-state index in [0.29, 0.717) is 16.7 Å². The van der Waals surface area contributed by atoms with Crippen LogP contribution in [0.15, 0.2) is 66.7 Å². The van der Waals surface area contributed by atoms with Gasteiger partial charge in [0.25, 0.3) is 0 Å². The van der Waals surface area contributed by atoms with E-state index in [2.05, 4.69) is 22.3 Å². The highest BCUT2D eigenvalue weighted by Gasteiger charge is 2.61. The van der Waals surface area contributed by atoms with Gasteiger partial charge < -0.3 is 15.2 Å². The van der Waals surface area contributed by atoms with E-state index in [1.165, 1.54) is 6.42 Å². The second kappa shape index (κ2) is 14.9. The number of alkyl halides is 6. The van der Waals surface area contributed by atoms with Gasteiger partial charge in [0.15, 0.2) is 0 Å². The third kappa shape index (κ3) is 7.71. The van der Waals surface area contributed by atoms with Crippen molar-refractivity contribution in [3.8, 4) is 16.9 Å². The molecule has 2 aliphatic rings. The fourth-order valence-corrected chi connectivity index (χ4v) is 7.82. The van der Waals surface area contributed by atoms with Crippen molar-refractivity contribution in [3.05, 3.63) is 77.9 Å². The van der Waals surface area contributed by atoms with Gasteiger partial charge in [-0.05, 0) is 96.2 Å². The van der Waals surface area contributed by atoms with E-state index in [-0.39, 0.29) is 6.42 Å². The third-order valence-corrected chi connectivity index (χ3v) is 10.6. The van der Waals surface area contributed by atoms with Gasteiger partial charge in [-0.3, -0.25) is 14.6 Å². The van der Waals surface area contributed by atoms with E-state index < -0.39 is 68.2 Å². The number of benzene rings is 4. The summed E-state index contributed by atoms with van der Waals surface area (Å²) in [6.07, 6.45) is -8.35. The van der Waals surface area contributed by atoms with Crippen LogP contribution in [0, 0.1) is 5.41 Å². The number of carbonyl (C=O) groups excluding carboxylic acids is 1. The number of hydrogen-bond acceptors (Lipinski definition) is 5. The van der Waals surface area contributed by atoms with E-state index in [4.69, 9.17) is 4.74 Å². The monoisotopic (exact) mass is 729 g/mol. The van der Waals surface area contributed by atoms with E-state index in [1.54, 1.807) is 25.3 Å². The van der Waals surface area contributed by atoms with Gasteiger partial charge >= 0.3 is 18.3 Å². The summed E-state index contributed by atoms with van der Waals surface area (Å²) in [6.45, 7) is 0.204. The number of amides is 1. The largest absolute Gasteiger partial charge is 0.496 e. The minimum Gasteiger partial charge on any atom is -0.496 e. The molecule has 0 aliphatic carbocycles. The summed E-state index contributed by atoms with van der Waals surface area (Å²) in [6, 6.07) is 19.2. The summed E-state index contributed by atoms with van der Waals surface area (Å²) >= 11 is 0. The molecule has 7 nitrogen and oxygen atoms in total. The number of nitrogens with zero attached hydrogens (tertiary/aromatic N) is 2. The van der Waals surface area contributed by atoms with E-state index in [0.717, 1.165) is 70.2 Å². The zero-order chi connectivity index (χ0) is 37.3. The molecule has 4 aromatic rings. The number of piperidine rings is 2. The molecule has 0 bridgehead atoms. The lowest BCUT2D eigenvalue weighted by Crippen LogP contribution is -2.59. The Kier molecular flexibility index (Phi) is 10.7. The fraction of sp³-hybridized carbons (Fsp3) is 0.436. The molecule has 2 N–H and O–H groups in total. The maximum Gasteiger partial charge on any atom is 0.403 e. The van der Waals surface area contributed by atoms with Crippen LogP contribution < -0.4 is 10.1 Å². The highest BCUT2D eigenvalue weighted by atomic mass is 19.4. The maximum absolute atomic E-state index is 14.5. The maximum atomic E-state index is 14.5. The molecule has 2 saturated heterocycles. The molecule has 1 amide bonds. The van der Waals surface area contributed by atoms with E-state index in [1.807, 2.05) is 36.4 Å². The van der Waals surface area contributed by atoms with Crippen LogP contribution in [0.5, 0.6) is 5.75 Å². The quantitative estimate of drug-likeness (QED) is 0.161. The second-order valence-corrected chi connectivity index (χ2v) is 13.9. The Morgan fingerprint density at radius 1 is 0.808 bits per heavy atom. The van der Waals surface area contributed by atoms with Crippen molar-refractivity contribution in [2.24, 2.45) is 5.41 Å². The third-order valence-electron chi connectivity index (χ3n) is 10.6. The van der Waals surface area contributed by atoms with Crippen molar-refractivity contribution < 1.29 is 45.8 Å². The number of nitrogens with one attached hydrogen (secondary N) is 1. The number of halogens is 6. The summed E-state index contributed by atoms with van der Waals surface area (Å²) in [5, 5.41) is 15.7. The van der Waals surface area contributed by atoms with Gasteiger partial charge in [-0.15, -0.1) is 0 Å². The Morgan fingerprint density at radius 2 is 1.42 bits per heavy atom. The number of carboxylic acid groups (broad SMARTS) is 1. The zero-order valence-electron chi connectivity index (χ0n) is 28.7. The lowest BCUT2D eigenvalue weighted by Gasteiger charge is -2.42. The summed E-state index contributed by atoms with van der Waals surface area (Å²) in [5.41, 5.74) is 0.261. The summed E-state index contributed by atoms with van der Waals surface area (Å²) in [4.78, 5) is 29.1. The molecule has 2 heterocycles. The van der Waals surface area contributed by atoms with Crippen molar-refractivity contribution in [2.75, 3.05) is 39.8 Å². The Balaban J connectivity index is 1.32. The predicted molar refractivity (Wildman–Crippen MR) is 186 cm³/mol. The van der Waals surface area contributed by atoms with Crippen LogP contribution >= 0.6 is 0 Å². The van der Waals surface area contributed by atoms with Crippen LogP contribution in [-0.2, 0) is 22.6 Å². The van der Waals surface area contributed by atoms with Crippen molar-refractivity contribution in [1.29, 1.82) is 0 Å². The van der Waals surface area contributed by atoms with Crippen molar-refractivity contribution in [2.45, 2.75) is 63.5 Å². The Hall–Kier alpha value is -4.36. The first-order valence-corrected chi connectivity index (χ1v) is 17.4. The van der Waals surface area contributed by atoms with Crippen LogP contribution in [0.4, 0.5) is 26.3 Å². The van der Waals surface area contributed by atoms with Gasteiger partial charge in [-0.25, -0.2) is 4.79 Å². The highest BCUT2D eigenvalue weighted by Crippen LogP contribution is 2.47. The molecule has 0 aromatic heterocycles. The molecule has 0 spiro atoms. The van der Waals surface area contributed by atoms with Crippen molar-refractivity contribution in [3.63, 3.8) is 0 Å². The first kappa shape index (κ1) is 37.4. The molecule has 0 saturated carbocycles. The standard InChI is InChI=1S/C39H41F6N3O4/c1-52-33-22-26(23-47-17-5-2-6-18-47)28-10-3-4-11-30(28)34(33)31-14-8-12-27-25(9-7-13-29(27)31)21-32(35(49)50)46-36(51)37(39(43,44)45)15-19-48(20-16-37)24-38(40,41)42/h3-4,7-14,22,32H,2,5-6,15-21,23-24H2,1H3,(H,46,51)(H,49,50)/t32-/m0/s1. The SMILES string of the molecule is COc1cc(CN2CCCCC2)c2ccccc2c1-c1cccc2c(C[C@H](NC(=O)C3(C(F)(F)F)CCN(CC(F)(F)F)CC3)C(=O)O)cccc12. The van der Waals surface area contributed by atoms with Crippen LogP contribution in [0.25, 0.3) is 32.7 Å². The van der Waals surface area contributed by atoms with Crippen LogP contribution in [0.1, 0.15) is 43.2 Å². The molecule has 4 aromatic carbocycles. The molecular formula is C39H41F6N3O4. The minimum atomic E-state index is -5.11. The molecule has 52 heavy (non-hydrogen) atoms. The van der Waals surface area contributed by atoms with E-state index in [9.17, 15) is 41.0 Å². The average Bonchev–Trinajstić information content (AvgIpc) is 3.10. The number of ether oxygens (including phenoxy) is 1. The average molecular weight is 730 g/mol. The Morgan fingerprint density at radius 3 is 2.06 bits per heavy atom. The Labute approximate surface area is 297 Å². The lowest BCUT2D eigenvalue weighted by molar-refractivity contribution is -0.236. The molecule has 2 fully saturated rings. The first-order chi connectivity index (χ1) is 24.7. The van der Waals surface area contributed by atoms with Gasteiger partial charge in [0.1, 0.15) is 17.2 Å². The molecular weight excluding hydrogens is 688 g/mol. The number of methoxy groups -OCH3 is 1. The van der Waals surface area contributed by atoms with Gasteiger partial charge in [0.2, 0.25) is 5.91 Å². The number of aliphatic carboxylic acids is 1. The van der Waals surface area contributed by atoms with Crippen molar-refractivity contribution in [1.82, 2.24) is 15.1 Å². The molecule has 0 radical (unpaired) electrons. The number of carbonyl (C=O) groups is 2. The van der Waals surface area contributed by atoms with Crippen LogP contribution in [-0.4, -0.2) is 85.0 Å². The van der Waals surface area contributed by atoms with Gasteiger partial charge in [0.05, 0.1) is 13.7 Å². The smallest absolute Gasteiger partial charge is 0.403 e. The van der Waals surface area contributed by atoms with Gasteiger partial charge in [-0.1, -0.05) is 67.1 Å². The fourth-order valence-electron chi connectivity index (χ4n) is 7.82. The molecule has 6 rings (SSSR count). The number of hydrogen-bond donors (Lipinski definition) is 2. The summed E-state index contributed by atoms with van der Waals surface area (Å²) < 4.78 is 88.1. The van der Waals surface area contributed by atoms with Gasteiger partial charge in [0, 0.05) is 18.5 Å². The number of fused-ring (bicyclic) bond motifs is 2. The highest BCUT2D eigenvalue weighted by molar-refractivity contribution is 6.09. The minimum absolute atomic E-state index is 0.331. The topological polar surface area (TPSA) is 82.1 Å². The molecule has 278 valence electrons. The summed E-state index contributed by atoms with van der Waals surface area (Å²) in [7, 11) is 1.61. The number of carboxylic acids is 1. The van der Waals surface area contributed by atoms with Crippen LogP contribution in [0.3, 0.4) is 0 Å². The van der Waals surface area contributed by atoms with E-state index >= 15 is 0 Å². The van der Waals surface area contributed by atoms with Crippen molar-refractivity contribution >= 4 is 33.4 Å². The molecule has 0 unspecified atom stereocenters. The molecule has 1 atom stereocenters. The number of likely N-dealkylation sites (tertiary alicyclic amines) is 2.